The molecular formula is C14H20N2O4S. The first-order chi connectivity index (χ1) is 9.86. The van der Waals surface area contributed by atoms with Crippen LogP contribution in [0.2, 0.25) is 0 Å². The molecule has 0 atom stereocenters. The fraction of sp³-hybridized carbons (Fsp3) is 0.429. The second kappa shape index (κ2) is 7.90. The molecule has 0 unspecified atom stereocenters. The van der Waals surface area contributed by atoms with Gasteiger partial charge in [0.1, 0.15) is 0 Å². The van der Waals surface area contributed by atoms with Crippen molar-refractivity contribution in [2.24, 2.45) is 0 Å². The van der Waals surface area contributed by atoms with Gasteiger partial charge in [0, 0.05) is 25.1 Å². The Bertz CT molecular complexity index is 611. The predicted octanol–water partition coefficient (Wildman–Crippen LogP) is 1.08. The van der Waals surface area contributed by atoms with Crippen molar-refractivity contribution < 1.29 is 18.0 Å². The molecule has 0 radical (unpaired) electrons. The second-order valence-electron chi connectivity index (χ2n) is 4.58. The Morgan fingerprint density at radius 1 is 1.19 bits per heavy atom. The summed E-state index contributed by atoms with van der Waals surface area (Å²) in [5.74, 6) is -0.400. The number of nitrogens with one attached hydrogen (secondary N) is 2. The van der Waals surface area contributed by atoms with E-state index in [2.05, 4.69) is 10.0 Å². The van der Waals surface area contributed by atoms with Crippen LogP contribution >= 0.6 is 0 Å². The monoisotopic (exact) mass is 312 g/mol. The highest BCUT2D eigenvalue weighted by Gasteiger charge is 2.15. The molecule has 0 aromatic heterocycles. The van der Waals surface area contributed by atoms with Gasteiger partial charge in [0.2, 0.25) is 15.9 Å². The van der Waals surface area contributed by atoms with E-state index in [4.69, 9.17) is 0 Å². The van der Waals surface area contributed by atoms with Crippen LogP contribution in [0.15, 0.2) is 29.2 Å². The number of benzene rings is 1. The summed E-state index contributed by atoms with van der Waals surface area (Å²) in [6, 6.07) is 5.80. The third kappa shape index (κ3) is 5.65. The van der Waals surface area contributed by atoms with Crippen LogP contribution in [0.4, 0.5) is 0 Å². The van der Waals surface area contributed by atoms with Crippen LogP contribution < -0.4 is 10.0 Å². The summed E-state index contributed by atoms with van der Waals surface area (Å²) in [6.45, 7) is 3.90. The Hall–Kier alpha value is -1.73. The van der Waals surface area contributed by atoms with E-state index >= 15 is 0 Å². The normalized spacial score (nSPS) is 11.1. The molecule has 1 amide bonds. The molecule has 1 aromatic carbocycles. The van der Waals surface area contributed by atoms with Crippen LogP contribution in [-0.4, -0.2) is 33.2 Å². The lowest BCUT2D eigenvalue weighted by molar-refractivity contribution is -0.120. The number of hydrogen-bond donors (Lipinski definition) is 2. The Morgan fingerprint density at radius 3 is 2.52 bits per heavy atom. The topological polar surface area (TPSA) is 92.3 Å². The van der Waals surface area contributed by atoms with Gasteiger partial charge in [0.05, 0.1) is 4.90 Å². The zero-order valence-corrected chi connectivity index (χ0v) is 13.0. The number of hydrogen-bond acceptors (Lipinski definition) is 4. The molecule has 0 fully saturated rings. The fourth-order valence-corrected chi connectivity index (χ4v) is 2.69. The van der Waals surface area contributed by atoms with Crippen LogP contribution in [0.5, 0.6) is 0 Å². The van der Waals surface area contributed by atoms with Crippen LogP contribution in [0, 0.1) is 0 Å². The first-order valence-electron chi connectivity index (χ1n) is 6.74. The fourth-order valence-electron chi connectivity index (χ4n) is 1.62. The summed E-state index contributed by atoms with van der Waals surface area (Å²) in [7, 11) is -3.71. The molecule has 1 rings (SSSR count). The van der Waals surface area contributed by atoms with Crippen molar-refractivity contribution in [3.8, 4) is 0 Å². The summed E-state index contributed by atoms with van der Waals surface area (Å²) < 4.78 is 26.4. The summed E-state index contributed by atoms with van der Waals surface area (Å²) in [5, 5.41) is 2.66. The highest BCUT2D eigenvalue weighted by molar-refractivity contribution is 7.89. The van der Waals surface area contributed by atoms with Crippen LogP contribution in [-0.2, 0) is 14.8 Å². The summed E-state index contributed by atoms with van der Waals surface area (Å²) in [6.07, 6.45) is 0.904. The van der Waals surface area contributed by atoms with Gasteiger partial charge < -0.3 is 5.32 Å². The largest absolute Gasteiger partial charge is 0.356 e. The molecule has 0 spiro atoms. The SMILES string of the molecule is CCCNC(=O)CCNS(=O)(=O)c1cccc(C(C)=O)c1. The lowest BCUT2D eigenvalue weighted by Crippen LogP contribution is -2.31. The standard InChI is InChI=1S/C14H20N2O4S/c1-3-8-15-14(18)7-9-16-21(19,20)13-6-4-5-12(10-13)11(2)17/h4-6,10,16H,3,7-9H2,1-2H3,(H,15,18). The molecule has 116 valence electrons. The molecule has 0 aliphatic rings. The van der Waals surface area contributed by atoms with Crippen molar-refractivity contribution in [3.05, 3.63) is 29.8 Å². The molecule has 0 saturated heterocycles. The first-order valence-corrected chi connectivity index (χ1v) is 8.22. The number of carbonyl (C=O) groups is 2. The molecule has 0 aliphatic heterocycles. The molecule has 6 nitrogen and oxygen atoms in total. The van der Waals surface area contributed by atoms with Crippen molar-refractivity contribution in [2.45, 2.75) is 31.6 Å². The molecule has 0 heterocycles. The van der Waals surface area contributed by atoms with E-state index in [0.717, 1.165) is 6.42 Å². The predicted molar refractivity (Wildman–Crippen MR) is 79.6 cm³/mol. The van der Waals surface area contributed by atoms with Crippen LogP contribution in [0.25, 0.3) is 0 Å². The van der Waals surface area contributed by atoms with E-state index in [1.807, 2.05) is 6.92 Å². The minimum Gasteiger partial charge on any atom is -0.356 e. The maximum absolute atomic E-state index is 12.0. The first kappa shape index (κ1) is 17.3. The van der Waals surface area contributed by atoms with Crippen molar-refractivity contribution in [1.29, 1.82) is 0 Å². The zero-order valence-electron chi connectivity index (χ0n) is 12.2. The van der Waals surface area contributed by atoms with Crippen LogP contribution in [0.1, 0.15) is 37.0 Å². The van der Waals surface area contributed by atoms with Gasteiger partial charge in [-0.05, 0) is 25.5 Å². The smallest absolute Gasteiger partial charge is 0.240 e. The number of ketones is 1. The van der Waals surface area contributed by atoms with Gasteiger partial charge in [-0.1, -0.05) is 19.1 Å². The lowest BCUT2D eigenvalue weighted by atomic mass is 10.2. The summed E-state index contributed by atoms with van der Waals surface area (Å²) in [4.78, 5) is 22.7. The Kier molecular flexibility index (Phi) is 6.51. The van der Waals surface area contributed by atoms with Crippen molar-refractivity contribution in [3.63, 3.8) is 0 Å². The molecular weight excluding hydrogens is 292 g/mol. The van der Waals surface area contributed by atoms with Crippen LogP contribution in [0.3, 0.4) is 0 Å². The maximum atomic E-state index is 12.0. The molecule has 21 heavy (non-hydrogen) atoms. The van der Waals surface area contributed by atoms with E-state index in [9.17, 15) is 18.0 Å². The second-order valence-corrected chi connectivity index (χ2v) is 6.35. The number of amides is 1. The van der Waals surface area contributed by atoms with E-state index < -0.39 is 10.0 Å². The van der Waals surface area contributed by atoms with Crippen molar-refractivity contribution in [1.82, 2.24) is 10.0 Å². The molecule has 1 aromatic rings. The van der Waals surface area contributed by atoms with Gasteiger partial charge in [-0.15, -0.1) is 0 Å². The highest BCUT2D eigenvalue weighted by atomic mass is 32.2. The minimum atomic E-state index is -3.71. The maximum Gasteiger partial charge on any atom is 0.240 e. The number of carbonyl (C=O) groups excluding carboxylic acids is 2. The third-order valence-corrected chi connectivity index (χ3v) is 4.23. The van der Waals surface area contributed by atoms with E-state index in [0.29, 0.717) is 12.1 Å². The average molecular weight is 312 g/mol. The van der Waals surface area contributed by atoms with Crippen molar-refractivity contribution in [2.75, 3.05) is 13.1 Å². The van der Waals surface area contributed by atoms with Crippen molar-refractivity contribution >= 4 is 21.7 Å². The molecule has 0 saturated carbocycles. The minimum absolute atomic E-state index is 0.0161. The van der Waals surface area contributed by atoms with Gasteiger partial charge in [-0.2, -0.15) is 0 Å². The Balaban J connectivity index is 2.63. The van der Waals surface area contributed by atoms with E-state index in [-0.39, 0.29) is 29.6 Å². The molecule has 2 N–H and O–H groups in total. The summed E-state index contributed by atoms with van der Waals surface area (Å²) >= 11 is 0. The van der Waals surface area contributed by atoms with Gasteiger partial charge in [0.15, 0.2) is 5.78 Å². The number of rotatable bonds is 8. The van der Waals surface area contributed by atoms with Gasteiger partial charge in [0.25, 0.3) is 0 Å². The Labute approximate surface area is 125 Å². The van der Waals surface area contributed by atoms with Gasteiger partial charge in [-0.3, -0.25) is 9.59 Å². The van der Waals surface area contributed by atoms with Gasteiger partial charge in [-0.25, -0.2) is 13.1 Å². The quantitative estimate of drug-likeness (QED) is 0.703. The lowest BCUT2D eigenvalue weighted by Gasteiger charge is -2.08. The molecule has 0 aliphatic carbocycles. The zero-order chi connectivity index (χ0) is 15.9. The third-order valence-electron chi connectivity index (χ3n) is 2.77. The number of sulfonamides is 1. The molecule has 0 bridgehead atoms. The summed E-state index contributed by atoms with van der Waals surface area (Å²) in [5.41, 5.74) is 0.332. The molecule has 7 heteroatoms. The van der Waals surface area contributed by atoms with Gasteiger partial charge >= 0.3 is 0 Å². The van der Waals surface area contributed by atoms with E-state index in [1.165, 1.54) is 25.1 Å². The Morgan fingerprint density at radius 2 is 1.90 bits per heavy atom. The number of Topliss-reactive ketones (excluding diaryl/α,β-unsaturated/α-hetero) is 1. The highest BCUT2D eigenvalue weighted by Crippen LogP contribution is 2.11. The average Bonchev–Trinajstić information content (AvgIpc) is 2.45. The van der Waals surface area contributed by atoms with E-state index in [1.54, 1.807) is 6.07 Å².